The van der Waals surface area contributed by atoms with Crippen LogP contribution in [0.5, 0.6) is 11.5 Å². The Balaban J connectivity index is 2.10. The third-order valence-corrected chi connectivity index (χ3v) is 2.52. The minimum atomic E-state index is -1.15. The number of ether oxygens (including phenoxy) is 2. The predicted molar refractivity (Wildman–Crippen MR) is 57.0 cm³/mol. The monoisotopic (exact) mass is 208 g/mol. The van der Waals surface area contributed by atoms with Gasteiger partial charge in [0, 0.05) is 6.42 Å². The van der Waals surface area contributed by atoms with Crippen molar-refractivity contribution >= 4 is 0 Å². The van der Waals surface area contributed by atoms with Crippen molar-refractivity contribution in [3.05, 3.63) is 24.3 Å². The molecular weight excluding hydrogens is 192 g/mol. The Bertz CT molecular complexity index is 337. The number of hydrogen-bond donors (Lipinski definition) is 1. The fourth-order valence-electron chi connectivity index (χ4n) is 1.65. The Labute approximate surface area is 89.6 Å². The molecule has 1 unspecified atom stereocenters. The molecule has 0 bridgehead atoms. The van der Waals surface area contributed by atoms with Gasteiger partial charge in [0.1, 0.15) is 0 Å². The van der Waals surface area contributed by atoms with Gasteiger partial charge in [-0.05, 0) is 18.6 Å². The molecule has 0 radical (unpaired) electrons. The van der Waals surface area contributed by atoms with Crippen LogP contribution < -0.4 is 9.47 Å². The molecule has 1 aromatic carbocycles. The van der Waals surface area contributed by atoms with Crippen LogP contribution in [-0.4, -0.2) is 17.5 Å². The number of rotatable bonds is 3. The van der Waals surface area contributed by atoms with Crippen molar-refractivity contribution in [2.45, 2.75) is 32.0 Å². The molecule has 0 amide bonds. The molecule has 2 rings (SSSR count). The van der Waals surface area contributed by atoms with Gasteiger partial charge in [-0.3, -0.25) is 0 Å². The van der Waals surface area contributed by atoms with E-state index in [1.807, 2.05) is 24.3 Å². The Hall–Kier alpha value is -1.22. The summed E-state index contributed by atoms with van der Waals surface area (Å²) in [6.07, 6.45) is 2.58. The molecule has 1 heterocycles. The summed E-state index contributed by atoms with van der Waals surface area (Å²) in [6.45, 7) is 2.30. The standard InChI is InChI=1S/C12H16O3/c1-2-3-8-12(13)9-14-10-6-4-5-7-11(10)15-12/h4-7,13H,2-3,8-9H2,1H3. The molecule has 15 heavy (non-hydrogen) atoms. The largest absolute Gasteiger partial charge is 0.483 e. The van der Waals surface area contributed by atoms with E-state index in [2.05, 4.69) is 6.92 Å². The molecule has 1 aromatic rings. The van der Waals surface area contributed by atoms with Crippen molar-refractivity contribution in [3.63, 3.8) is 0 Å². The predicted octanol–water partition coefficient (Wildman–Crippen LogP) is 2.34. The van der Waals surface area contributed by atoms with Gasteiger partial charge in [-0.1, -0.05) is 25.5 Å². The molecular formula is C12H16O3. The van der Waals surface area contributed by atoms with E-state index >= 15 is 0 Å². The number of para-hydroxylation sites is 2. The fraction of sp³-hybridized carbons (Fsp3) is 0.500. The molecule has 0 saturated carbocycles. The van der Waals surface area contributed by atoms with Gasteiger partial charge in [-0.25, -0.2) is 0 Å². The van der Waals surface area contributed by atoms with Crippen molar-refractivity contribution in [2.24, 2.45) is 0 Å². The van der Waals surface area contributed by atoms with Gasteiger partial charge in [0.05, 0.1) is 0 Å². The van der Waals surface area contributed by atoms with Gasteiger partial charge in [0.25, 0.3) is 0 Å². The summed E-state index contributed by atoms with van der Waals surface area (Å²) < 4.78 is 11.0. The van der Waals surface area contributed by atoms with Crippen LogP contribution >= 0.6 is 0 Å². The number of fused-ring (bicyclic) bond motifs is 1. The second-order valence-corrected chi connectivity index (χ2v) is 3.89. The Morgan fingerprint density at radius 3 is 2.80 bits per heavy atom. The molecule has 82 valence electrons. The van der Waals surface area contributed by atoms with E-state index in [0.29, 0.717) is 17.9 Å². The number of aliphatic hydroxyl groups is 1. The average molecular weight is 208 g/mol. The van der Waals surface area contributed by atoms with Gasteiger partial charge in [-0.2, -0.15) is 0 Å². The first-order chi connectivity index (χ1) is 7.23. The SMILES string of the molecule is CCCCC1(O)COc2ccccc2O1. The molecule has 3 nitrogen and oxygen atoms in total. The smallest absolute Gasteiger partial charge is 0.242 e. The van der Waals surface area contributed by atoms with Gasteiger partial charge in [-0.15, -0.1) is 0 Å². The Kier molecular flexibility index (Phi) is 2.82. The van der Waals surface area contributed by atoms with Crippen molar-refractivity contribution in [1.82, 2.24) is 0 Å². The summed E-state index contributed by atoms with van der Waals surface area (Å²) in [5.41, 5.74) is 0. The zero-order chi connectivity index (χ0) is 10.7. The fourth-order valence-corrected chi connectivity index (χ4v) is 1.65. The molecule has 0 aromatic heterocycles. The zero-order valence-corrected chi connectivity index (χ0v) is 8.90. The van der Waals surface area contributed by atoms with E-state index in [4.69, 9.17) is 9.47 Å². The van der Waals surface area contributed by atoms with Crippen LogP contribution in [0.1, 0.15) is 26.2 Å². The molecule has 0 spiro atoms. The van der Waals surface area contributed by atoms with Crippen LogP contribution in [0.15, 0.2) is 24.3 Å². The van der Waals surface area contributed by atoms with Crippen molar-refractivity contribution < 1.29 is 14.6 Å². The number of hydrogen-bond acceptors (Lipinski definition) is 3. The second kappa shape index (κ2) is 4.11. The normalized spacial score (nSPS) is 23.9. The molecule has 0 aliphatic carbocycles. The summed E-state index contributed by atoms with van der Waals surface area (Å²) in [4.78, 5) is 0. The summed E-state index contributed by atoms with van der Waals surface area (Å²) in [5.74, 6) is 0.186. The maximum absolute atomic E-state index is 10.1. The summed E-state index contributed by atoms with van der Waals surface area (Å²) in [6, 6.07) is 7.41. The highest BCUT2D eigenvalue weighted by molar-refractivity contribution is 5.41. The molecule has 0 fully saturated rings. The maximum atomic E-state index is 10.1. The van der Waals surface area contributed by atoms with Crippen molar-refractivity contribution in [1.29, 1.82) is 0 Å². The maximum Gasteiger partial charge on any atom is 0.242 e. The van der Waals surface area contributed by atoms with Crippen molar-refractivity contribution in [2.75, 3.05) is 6.61 Å². The van der Waals surface area contributed by atoms with Crippen LogP contribution in [0, 0.1) is 0 Å². The highest BCUT2D eigenvalue weighted by Crippen LogP contribution is 2.35. The van der Waals surface area contributed by atoms with Crippen LogP contribution in [0.4, 0.5) is 0 Å². The molecule has 3 heteroatoms. The van der Waals surface area contributed by atoms with E-state index in [1.54, 1.807) is 0 Å². The lowest BCUT2D eigenvalue weighted by Gasteiger charge is -2.33. The first-order valence-corrected chi connectivity index (χ1v) is 5.37. The second-order valence-electron chi connectivity index (χ2n) is 3.89. The topological polar surface area (TPSA) is 38.7 Å². The van der Waals surface area contributed by atoms with Crippen LogP contribution in [0.2, 0.25) is 0 Å². The van der Waals surface area contributed by atoms with Crippen molar-refractivity contribution in [3.8, 4) is 11.5 Å². The molecule has 1 atom stereocenters. The van der Waals surface area contributed by atoms with Crippen LogP contribution in [0.3, 0.4) is 0 Å². The van der Waals surface area contributed by atoms with E-state index in [1.165, 1.54) is 0 Å². The van der Waals surface area contributed by atoms with E-state index in [0.717, 1.165) is 12.8 Å². The lowest BCUT2D eigenvalue weighted by Crippen LogP contribution is -2.44. The Morgan fingerprint density at radius 2 is 2.07 bits per heavy atom. The lowest BCUT2D eigenvalue weighted by molar-refractivity contribution is -0.179. The van der Waals surface area contributed by atoms with Gasteiger partial charge in [0.15, 0.2) is 18.1 Å². The minimum absolute atomic E-state index is 0.212. The van der Waals surface area contributed by atoms with Crippen LogP contribution in [0.25, 0.3) is 0 Å². The average Bonchev–Trinajstić information content (AvgIpc) is 2.26. The summed E-state index contributed by atoms with van der Waals surface area (Å²) in [5, 5.41) is 10.1. The highest BCUT2D eigenvalue weighted by Gasteiger charge is 2.34. The van der Waals surface area contributed by atoms with Gasteiger partial charge >= 0.3 is 0 Å². The van der Waals surface area contributed by atoms with Crippen LogP contribution in [-0.2, 0) is 0 Å². The van der Waals surface area contributed by atoms with Gasteiger partial charge in [0.2, 0.25) is 5.79 Å². The quantitative estimate of drug-likeness (QED) is 0.828. The summed E-state index contributed by atoms with van der Waals surface area (Å²) in [7, 11) is 0. The summed E-state index contributed by atoms with van der Waals surface area (Å²) >= 11 is 0. The minimum Gasteiger partial charge on any atom is -0.483 e. The van der Waals surface area contributed by atoms with E-state index in [-0.39, 0.29) is 6.61 Å². The molecule has 1 N–H and O–H groups in total. The van der Waals surface area contributed by atoms with E-state index < -0.39 is 5.79 Å². The third kappa shape index (κ3) is 2.23. The molecule has 0 saturated heterocycles. The number of benzene rings is 1. The molecule has 1 aliphatic heterocycles. The number of unbranched alkanes of at least 4 members (excludes halogenated alkanes) is 1. The third-order valence-electron chi connectivity index (χ3n) is 2.52. The molecule has 1 aliphatic rings. The highest BCUT2D eigenvalue weighted by atomic mass is 16.7. The van der Waals surface area contributed by atoms with E-state index in [9.17, 15) is 5.11 Å². The Morgan fingerprint density at radius 1 is 1.33 bits per heavy atom. The first kappa shape index (κ1) is 10.3. The van der Waals surface area contributed by atoms with Gasteiger partial charge < -0.3 is 14.6 Å². The zero-order valence-electron chi connectivity index (χ0n) is 8.90. The first-order valence-electron chi connectivity index (χ1n) is 5.37. The lowest BCUT2D eigenvalue weighted by atomic mass is 10.1.